The SMILES string of the molecule is N#Cc1cc(-n2c3ccccc3c3ccc(C#N)cc32)c(-c2ccc(C(F)(F)F)cc2C(F)(F)F)c(-n2c3ccccc3c3ccc(C#N)cc32)c1. The fourth-order valence-corrected chi connectivity index (χ4v) is 7.08. The largest absolute Gasteiger partial charge is 0.417 e. The van der Waals surface area contributed by atoms with Crippen molar-refractivity contribution in [2.24, 2.45) is 0 Å². The molecule has 0 saturated carbocycles. The second-order valence-corrected chi connectivity index (χ2v) is 12.1. The van der Waals surface area contributed by atoms with Gasteiger partial charge in [0.2, 0.25) is 0 Å². The molecular weight excluding hydrogens is 676 g/mol. The smallest absolute Gasteiger partial charge is 0.308 e. The molecule has 8 aromatic rings. The summed E-state index contributed by atoms with van der Waals surface area (Å²) in [5, 5.41) is 32.8. The Morgan fingerprint density at radius 2 is 0.904 bits per heavy atom. The van der Waals surface area contributed by atoms with E-state index in [0.29, 0.717) is 49.7 Å². The first-order valence-corrected chi connectivity index (χ1v) is 15.7. The van der Waals surface area contributed by atoms with Gasteiger partial charge in [0.25, 0.3) is 0 Å². The van der Waals surface area contributed by atoms with E-state index in [2.05, 4.69) is 18.2 Å². The molecule has 11 heteroatoms. The average molecular weight is 696 g/mol. The molecule has 250 valence electrons. The summed E-state index contributed by atoms with van der Waals surface area (Å²) >= 11 is 0. The fourth-order valence-electron chi connectivity index (χ4n) is 7.08. The van der Waals surface area contributed by atoms with Crippen LogP contribution in [0.15, 0.2) is 115 Å². The highest BCUT2D eigenvalue weighted by Gasteiger charge is 2.40. The van der Waals surface area contributed by atoms with E-state index >= 15 is 13.2 Å². The molecule has 0 N–H and O–H groups in total. The van der Waals surface area contributed by atoms with Crippen LogP contribution in [0.25, 0.3) is 66.1 Å². The van der Waals surface area contributed by atoms with Crippen LogP contribution in [0.4, 0.5) is 26.3 Å². The molecule has 52 heavy (non-hydrogen) atoms. The Morgan fingerprint density at radius 3 is 1.35 bits per heavy atom. The molecule has 0 aliphatic heterocycles. The van der Waals surface area contributed by atoms with Crippen LogP contribution in [0.3, 0.4) is 0 Å². The zero-order valence-corrected chi connectivity index (χ0v) is 26.5. The average Bonchev–Trinajstić information content (AvgIpc) is 3.65. The highest BCUT2D eigenvalue weighted by atomic mass is 19.4. The van der Waals surface area contributed by atoms with E-state index in [1.165, 1.54) is 12.1 Å². The third-order valence-corrected chi connectivity index (χ3v) is 9.23. The maximum absolute atomic E-state index is 15.1. The molecule has 8 rings (SSSR count). The topological polar surface area (TPSA) is 81.2 Å². The minimum atomic E-state index is -5.25. The molecule has 2 aromatic heterocycles. The van der Waals surface area contributed by atoms with Gasteiger partial charge in [-0.25, -0.2) is 0 Å². The normalized spacial score (nSPS) is 12.0. The Bertz CT molecular complexity index is 2770. The van der Waals surface area contributed by atoms with E-state index in [1.54, 1.807) is 81.9 Å². The van der Waals surface area contributed by atoms with Crippen LogP contribution in [0.2, 0.25) is 0 Å². The van der Waals surface area contributed by atoms with Gasteiger partial charge in [-0.1, -0.05) is 54.6 Å². The van der Waals surface area contributed by atoms with Gasteiger partial charge in [0.15, 0.2) is 0 Å². The quantitative estimate of drug-likeness (QED) is 0.173. The number of benzene rings is 6. The second-order valence-electron chi connectivity index (χ2n) is 12.1. The maximum atomic E-state index is 15.1. The highest BCUT2D eigenvalue weighted by molar-refractivity contribution is 6.12. The molecule has 6 aromatic carbocycles. The van der Waals surface area contributed by atoms with Crippen LogP contribution in [0, 0.1) is 34.0 Å². The van der Waals surface area contributed by atoms with Crippen molar-refractivity contribution >= 4 is 43.6 Å². The second kappa shape index (κ2) is 11.5. The molecule has 0 amide bonds. The number of alkyl halides is 6. The maximum Gasteiger partial charge on any atom is 0.417 e. The van der Waals surface area contributed by atoms with E-state index in [9.17, 15) is 29.0 Å². The lowest BCUT2D eigenvalue weighted by atomic mass is 9.92. The van der Waals surface area contributed by atoms with E-state index in [-0.39, 0.29) is 39.7 Å². The monoisotopic (exact) mass is 695 g/mol. The number of hydrogen-bond acceptors (Lipinski definition) is 3. The molecule has 0 aliphatic carbocycles. The molecule has 0 atom stereocenters. The minimum Gasteiger partial charge on any atom is -0.308 e. The van der Waals surface area contributed by atoms with Gasteiger partial charge in [-0.3, -0.25) is 0 Å². The number of halogens is 6. The first kappa shape index (κ1) is 32.2. The number of rotatable bonds is 3. The molecular formula is C41H19F6N5. The lowest BCUT2D eigenvalue weighted by molar-refractivity contribution is -0.142. The highest BCUT2D eigenvalue weighted by Crippen LogP contribution is 2.47. The Hall–Kier alpha value is -7.03. The summed E-state index contributed by atoms with van der Waals surface area (Å²) in [6.07, 6.45) is -10.3. The van der Waals surface area contributed by atoms with Crippen LogP contribution in [0.5, 0.6) is 0 Å². The molecule has 0 aliphatic rings. The van der Waals surface area contributed by atoms with E-state index in [0.717, 1.165) is 6.07 Å². The van der Waals surface area contributed by atoms with E-state index in [4.69, 9.17) is 0 Å². The molecule has 2 heterocycles. The molecule has 0 spiro atoms. The van der Waals surface area contributed by atoms with Crippen molar-refractivity contribution in [3.63, 3.8) is 0 Å². The zero-order valence-electron chi connectivity index (χ0n) is 26.5. The van der Waals surface area contributed by atoms with Gasteiger partial charge < -0.3 is 9.13 Å². The van der Waals surface area contributed by atoms with Gasteiger partial charge in [0.1, 0.15) is 0 Å². The number of nitriles is 3. The van der Waals surface area contributed by atoms with Crippen molar-refractivity contribution in [1.82, 2.24) is 9.13 Å². The van der Waals surface area contributed by atoms with Crippen molar-refractivity contribution in [1.29, 1.82) is 15.8 Å². The van der Waals surface area contributed by atoms with E-state index < -0.39 is 29.0 Å². The predicted octanol–water partition coefficient (Wildman–Crippen LogP) is 11.2. The Morgan fingerprint density at radius 1 is 0.442 bits per heavy atom. The zero-order chi connectivity index (χ0) is 36.5. The number of hydrogen-bond donors (Lipinski definition) is 0. The van der Waals surface area contributed by atoms with Gasteiger partial charge >= 0.3 is 12.4 Å². The first-order chi connectivity index (χ1) is 24.9. The van der Waals surface area contributed by atoms with Crippen molar-refractivity contribution in [3.05, 3.63) is 143 Å². The summed E-state index contributed by atoms with van der Waals surface area (Å²) < 4.78 is 90.5. The van der Waals surface area contributed by atoms with Gasteiger partial charge in [-0.2, -0.15) is 42.1 Å². The summed E-state index contributed by atoms with van der Waals surface area (Å²) in [4.78, 5) is 0. The molecule has 0 saturated heterocycles. The Balaban J connectivity index is 1.65. The van der Waals surface area contributed by atoms with Crippen LogP contribution in [-0.2, 0) is 12.4 Å². The lowest BCUT2D eigenvalue weighted by Gasteiger charge is -2.24. The van der Waals surface area contributed by atoms with Crippen LogP contribution in [0.1, 0.15) is 27.8 Å². The van der Waals surface area contributed by atoms with Crippen molar-refractivity contribution in [3.8, 4) is 40.7 Å². The predicted molar refractivity (Wildman–Crippen MR) is 185 cm³/mol. The summed E-state index contributed by atoms with van der Waals surface area (Å²) in [5.74, 6) is 0. The Kier molecular flexibility index (Phi) is 7.13. The van der Waals surface area contributed by atoms with Crippen molar-refractivity contribution in [2.75, 3.05) is 0 Å². The molecule has 0 radical (unpaired) electrons. The number of nitrogens with zero attached hydrogens (tertiary/aromatic N) is 5. The molecule has 5 nitrogen and oxygen atoms in total. The van der Waals surface area contributed by atoms with Crippen LogP contribution < -0.4 is 0 Å². The van der Waals surface area contributed by atoms with Crippen LogP contribution in [-0.4, -0.2) is 9.13 Å². The lowest BCUT2D eigenvalue weighted by Crippen LogP contribution is -2.14. The van der Waals surface area contributed by atoms with Gasteiger partial charge in [0.05, 0.1) is 79.5 Å². The molecule has 0 fully saturated rings. The number of para-hydroxylation sites is 2. The Labute approximate surface area is 290 Å². The van der Waals surface area contributed by atoms with Crippen molar-refractivity contribution in [2.45, 2.75) is 12.4 Å². The number of aromatic nitrogens is 2. The third-order valence-electron chi connectivity index (χ3n) is 9.23. The summed E-state index contributed by atoms with van der Waals surface area (Å²) in [7, 11) is 0. The first-order valence-electron chi connectivity index (χ1n) is 15.7. The standard InChI is InChI=1S/C41H19F6N5/c42-40(43,44)26-11-14-31(32(19-26)41(45,46)47)39-37(51-33-7-3-1-5-27(33)29-12-9-23(20-48)15-35(29)51)17-25(22-50)18-38(39)52-34-8-4-2-6-28(34)30-13-10-24(21-49)16-36(30)52/h1-19H. The van der Waals surface area contributed by atoms with Crippen LogP contribution >= 0.6 is 0 Å². The third kappa shape index (κ3) is 4.93. The minimum absolute atomic E-state index is 0.0407. The van der Waals surface area contributed by atoms with Gasteiger partial charge in [0, 0.05) is 27.1 Å². The van der Waals surface area contributed by atoms with E-state index in [1.807, 2.05) is 12.1 Å². The summed E-state index contributed by atoms with van der Waals surface area (Å²) in [5.41, 5.74) is -1.15. The number of fused-ring (bicyclic) bond motifs is 6. The summed E-state index contributed by atoms with van der Waals surface area (Å²) in [6.45, 7) is 0. The fraction of sp³-hybridized carbons (Fsp3) is 0.0488. The molecule has 0 unspecified atom stereocenters. The molecule has 0 bridgehead atoms. The van der Waals surface area contributed by atoms with Gasteiger partial charge in [-0.15, -0.1) is 0 Å². The van der Waals surface area contributed by atoms with Crippen molar-refractivity contribution < 1.29 is 26.3 Å². The summed E-state index contributed by atoms with van der Waals surface area (Å²) in [6, 6.07) is 34.6. The van der Waals surface area contributed by atoms with Gasteiger partial charge in [-0.05, 0) is 66.2 Å².